The molecule has 1 aliphatic heterocycles. The number of amides is 1. The van der Waals surface area contributed by atoms with Crippen molar-refractivity contribution in [3.8, 4) is 5.75 Å². The highest BCUT2D eigenvalue weighted by molar-refractivity contribution is 8.00. The van der Waals surface area contributed by atoms with Crippen molar-refractivity contribution in [2.24, 2.45) is 0 Å². The maximum Gasteiger partial charge on any atom is 0.234 e. The number of ether oxygens (including phenoxy) is 1. The zero-order valence-electron chi connectivity index (χ0n) is 17.1. The second kappa shape index (κ2) is 9.80. The molecule has 1 N–H and O–H groups in total. The Morgan fingerprint density at radius 1 is 1.07 bits per heavy atom. The van der Waals surface area contributed by atoms with E-state index in [4.69, 9.17) is 14.7 Å². The highest BCUT2D eigenvalue weighted by Gasteiger charge is 2.17. The number of anilines is 2. The van der Waals surface area contributed by atoms with Crippen molar-refractivity contribution < 1.29 is 9.53 Å². The summed E-state index contributed by atoms with van der Waals surface area (Å²) in [6.07, 6.45) is 3.60. The second-order valence-corrected chi connectivity index (χ2v) is 8.15. The largest absolute Gasteiger partial charge is 0.494 e. The SMILES string of the molecule is CCOc1ccc(NC(=O)CSc2nc(N3CCCCC3)nc3ccccc23)cc1. The number of carbonyl (C=O) groups is 1. The highest BCUT2D eigenvalue weighted by atomic mass is 32.2. The van der Waals surface area contributed by atoms with Gasteiger partial charge in [-0.05, 0) is 56.5 Å². The van der Waals surface area contributed by atoms with Crippen LogP contribution in [0, 0.1) is 0 Å². The van der Waals surface area contributed by atoms with Crippen LogP contribution in [0.4, 0.5) is 11.6 Å². The summed E-state index contributed by atoms with van der Waals surface area (Å²) in [5.74, 6) is 1.78. The molecule has 0 atom stereocenters. The molecule has 0 aliphatic carbocycles. The molecule has 0 unspecified atom stereocenters. The molecular weight excluding hydrogens is 396 g/mol. The quantitative estimate of drug-likeness (QED) is 0.438. The number of hydrogen-bond acceptors (Lipinski definition) is 6. The molecule has 1 aromatic heterocycles. The lowest BCUT2D eigenvalue weighted by molar-refractivity contribution is -0.113. The van der Waals surface area contributed by atoms with Crippen LogP contribution in [-0.2, 0) is 4.79 Å². The molecule has 0 saturated carbocycles. The molecule has 4 rings (SSSR count). The number of fused-ring (bicyclic) bond motifs is 1. The average Bonchev–Trinajstić information content (AvgIpc) is 2.79. The summed E-state index contributed by atoms with van der Waals surface area (Å²) < 4.78 is 5.44. The number of hydrogen-bond donors (Lipinski definition) is 1. The fraction of sp³-hybridized carbons (Fsp3) is 0.348. The van der Waals surface area contributed by atoms with Crippen LogP contribution in [0.2, 0.25) is 0 Å². The third kappa shape index (κ3) is 5.02. The van der Waals surface area contributed by atoms with Gasteiger partial charge in [0.2, 0.25) is 11.9 Å². The van der Waals surface area contributed by atoms with Crippen LogP contribution in [0.15, 0.2) is 53.6 Å². The molecular formula is C23H26N4O2S. The summed E-state index contributed by atoms with van der Waals surface area (Å²) in [5, 5.41) is 4.77. The maximum absolute atomic E-state index is 12.5. The summed E-state index contributed by atoms with van der Waals surface area (Å²) in [4.78, 5) is 24.3. The number of carbonyl (C=O) groups excluding carboxylic acids is 1. The highest BCUT2D eigenvalue weighted by Crippen LogP contribution is 2.28. The number of nitrogens with one attached hydrogen (secondary N) is 1. The number of aromatic nitrogens is 2. The van der Waals surface area contributed by atoms with Crippen LogP contribution >= 0.6 is 11.8 Å². The third-order valence-corrected chi connectivity index (χ3v) is 5.98. The normalized spacial score (nSPS) is 14.0. The molecule has 3 aromatic rings. The minimum absolute atomic E-state index is 0.0635. The Balaban J connectivity index is 1.46. The van der Waals surface area contributed by atoms with Gasteiger partial charge in [0.1, 0.15) is 10.8 Å². The second-order valence-electron chi connectivity index (χ2n) is 7.19. The van der Waals surface area contributed by atoms with Gasteiger partial charge in [-0.25, -0.2) is 9.97 Å². The van der Waals surface area contributed by atoms with Gasteiger partial charge in [0.05, 0.1) is 17.9 Å². The van der Waals surface area contributed by atoms with Gasteiger partial charge >= 0.3 is 0 Å². The molecule has 0 radical (unpaired) electrons. The van der Waals surface area contributed by atoms with Gasteiger partial charge in [0.25, 0.3) is 0 Å². The number of piperidine rings is 1. The molecule has 6 nitrogen and oxygen atoms in total. The standard InChI is InChI=1S/C23H26N4O2S/c1-2-29-18-12-10-17(11-13-18)24-21(28)16-30-22-19-8-4-5-9-20(19)25-23(26-22)27-14-6-3-7-15-27/h4-5,8-13H,2-3,6-7,14-16H2,1H3,(H,24,28). The average molecular weight is 423 g/mol. The lowest BCUT2D eigenvalue weighted by Gasteiger charge is -2.27. The zero-order chi connectivity index (χ0) is 20.8. The van der Waals surface area contributed by atoms with Crippen LogP contribution in [0.5, 0.6) is 5.75 Å². The molecule has 0 spiro atoms. The van der Waals surface area contributed by atoms with Crippen molar-refractivity contribution in [2.45, 2.75) is 31.2 Å². The van der Waals surface area contributed by atoms with Crippen LogP contribution in [0.1, 0.15) is 26.2 Å². The fourth-order valence-electron chi connectivity index (χ4n) is 3.51. The van der Waals surface area contributed by atoms with Gasteiger partial charge in [-0.15, -0.1) is 0 Å². The Hall–Kier alpha value is -2.80. The maximum atomic E-state index is 12.5. The lowest BCUT2D eigenvalue weighted by atomic mass is 10.1. The zero-order valence-corrected chi connectivity index (χ0v) is 18.0. The molecule has 156 valence electrons. The predicted molar refractivity (Wildman–Crippen MR) is 123 cm³/mol. The van der Waals surface area contributed by atoms with E-state index in [1.165, 1.54) is 31.0 Å². The monoisotopic (exact) mass is 422 g/mol. The smallest absolute Gasteiger partial charge is 0.234 e. The van der Waals surface area contributed by atoms with Gasteiger partial charge in [-0.2, -0.15) is 0 Å². The van der Waals surface area contributed by atoms with E-state index in [0.29, 0.717) is 6.61 Å². The van der Waals surface area contributed by atoms with Crippen molar-refractivity contribution in [1.82, 2.24) is 9.97 Å². The van der Waals surface area contributed by atoms with E-state index < -0.39 is 0 Å². The van der Waals surface area contributed by atoms with Crippen LogP contribution < -0.4 is 15.0 Å². The molecule has 1 fully saturated rings. The first-order valence-electron chi connectivity index (χ1n) is 10.4. The molecule has 7 heteroatoms. The van der Waals surface area contributed by atoms with E-state index in [1.807, 2.05) is 55.5 Å². The van der Waals surface area contributed by atoms with Crippen LogP contribution in [0.25, 0.3) is 10.9 Å². The van der Waals surface area contributed by atoms with Crippen molar-refractivity contribution in [3.05, 3.63) is 48.5 Å². The van der Waals surface area contributed by atoms with Gasteiger partial charge in [0, 0.05) is 24.2 Å². The van der Waals surface area contributed by atoms with Crippen molar-refractivity contribution >= 4 is 40.2 Å². The minimum Gasteiger partial charge on any atom is -0.494 e. The summed E-state index contributed by atoms with van der Waals surface area (Å²) >= 11 is 1.45. The van der Waals surface area contributed by atoms with Gasteiger partial charge in [-0.1, -0.05) is 30.0 Å². The van der Waals surface area contributed by atoms with Gasteiger partial charge in [-0.3, -0.25) is 4.79 Å². The first-order chi connectivity index (χ1) is 14.7. The van der Waals surface area contributed by atoms with E-state index in [-0.39, 0.29) is 11.7 Å². The van der Waals surface area contributed by atoms with Gasteiger partial charge < -0.3 is 15.0 Å². The molecule has 30 heavy (non-hydrogen) atoms. The Bertz CT molecular complexity index is 1000. The Morgan fingerprint density at radius 2 is 1.83 bits per heavy atom. The Kier molecular flexibility index (Phi) is 6.69. The molecule has 2 aromatic carbocycles. The van der Waals surface area contributed by atoms with Crippen LogP contribution in [-0.4, -0.2) is 41.3 Å². The van der Waals surface area contributed by atoms with E-state index in [9.17, 15) is 4.79 Å². The molecule has 2 heterocycles. The van der Waals surface area contributed by atoms with Crippen molar-refractivity contribution in [2.75, 3.05) is 35.7 Å². The Labute approximate surface area is 181 Å². The van der Waals surface area contributed by atoms with E-state index in [2.05, 4.69) is 10.2 Å². The number of nitrogens with zero attached hydrogens (tertiary/aromatic N) is 3. The van der Waals surface area contributed by atoms with E-state index in [1.54, 1.807) is 0 Å². The first kappa shape index (κ1) is 20.5. The number of para-hydroxylation sites is 1. The molecule has 1 saturated heterocycles. The molecule has 1 aliphatic rings. The van der Waals surface area contributed by atoms with E-state index >= 15 is 0 Å². The minimum atomic E-state index is -0.0635. The van der Waals surface area contributed by atoms with E-state index in [0.717, 1.165) is 46.4 Å². The lowest BCUT2D eigenvalue weighted by Crippen LogP contribution is -2.31. The topological polar surface area (TPSA) is 67.3 Å². The van der Waals surface area contributed by atoms with Crippen molar-refractivity contribution in [1.29, 1.82) is 0 Å². The number of benzene rings is 2. The molecule has 0 bridgehead atoms. The third-order valence-electron chi connectivity index (χ3n) is 4.98. The summed E-state index contributed by atoms with van der Waals surface area (Å²) in [7, 11) is 0. The van der Waals surface area contributed by atoms with Crippen LogP contribution in [0.3, 0.4) is 0 Å². The molecule has 1 amide bonds. The summed E-state index contributed by atoms with van der Waals surface area (Å²) in [6.45, 7) is 4.54. The summed E-state index contributed by atoms with van der Waals surface area (Å²) in [6, 6.07) is 15.4. The fourth-order valence-corrected chi connectivity index (χ4v) is 4.33. The number of rotatable bonds is 7. The first-order valence-corrected chi connectivity index (χ1v) is 11.4. The van der Waals surface area contributed by atoms with Gasteiger partial charge in [0.15, 0.2) is 0 Å². The number of thioether (sulfide) groups is 1. The van der Waals surface area contributed by atoms with Crippen molar-refractivity contribution in [3.63, 3.8) is 0 Å². The summed E-state index contributed by atoms with van der Waals surface area (Å²) in [5.41, 5.74) is 1.67. The predicted octanol–water partition coefficient (Wildman–Crippen LogP) is 4.75. The Morgan fingerprint density at radius 3 is 2.60 bits per heavy atom.